The molecule has 4 heterocycles. The summed E-state index contributed by atoms with van der Waals surface area (Å²) in [4.78, 5) is 49.2. The van der Waals surface area contributed by atoms with Crippen LogP contribution in [0.1, 0.15) is 83.1 Å². The molecule has 0 spiro atoms. The predicted octanol–water partition coefficient (Wildman–Crippen LogP) is 5.77. The zero-order chi connectivity index (χ0) is 39.9. The molecule has 300 valence electrons. The highest BCUT2D eigenvalue weighted by atomic mass is 16.5. The van der Waals surface area contributed by atoms with E-state index in [1.165, 1.54) is 5.57 Å². The number of amides is 3. The van der Waals surface area contributed by atoms with Gasteiger partial charge in [-0.2, -0.15) is 5.10 Å². The van der Waals surface area contributed by atoms with E-state index in [-0.39, 0.29) is 35.7 Å². The number of fused-ring (bicyclic) bond motifs is 1. The number of ether oxygens (including phenoxy) is 1. The summed E-state index contributed by atoms with van der Waals surface area (Å²) < 4.78 is 7.54. The van der Waals surface area contributed by atoms with Gasteiger partial charge in [0.05, 0.1) is 17.3 Å². The molecular weight excluding hydrogens is 717 g/mol. The number of carbonyl (C=O) groups is 3. The van der Waals surface area contributed by atoms with E-state index in [2.05, 4.69) is 70.2 Å². The van der Waals surface area contributed by atoms with Crippen molar-refractivity contribution in [2.24, 2.45) is 5.41 Å². The molecule has 2 fully saturated rings. The SMILES string of the molecule is CCc1nc2c(cnn2CC)c(NC2CCOCC2)c1CNC(=O)c1cc(C)cc(C(=O)NCC2(CN3CCN(C(C)=O)CC3)C=CC=C(c3ccccc3)C2)c1. The molecule has 2 aromatic heterocycles. The molecule has 0 bridgehead atoms. The quantitative estimate of drug-likeness (QED) is 0.156. The summed E-state index contributed by atoms with van der Waals surface area (Å²) in [6, 6.07) is 16.0. The van der Waals surface area contributed by atoms with Crippen LogP contribution in [0.15, 0.2) is 73.0 Å². The maximum absolute atomic E-state index is 14.0. The molecule has 1 unspecified atom stereocenters. The number of nitrogens with one attached hydrogen (secondary N) is 3. The summed E-state index contributed by atoms with van der Waals surface area (Å²) in [5, 5.41) is 15.8. The molecule has 12 nitrogen and oxygen atoms in total. The van der Waals surface area contributed by atoms with Crippen LogP contribution in [0.3, 0.4) is 0 Å². The maximum Gasteiger partial charge on any atom is 0.251 e. The fourth-order valence-corrected chi connectivity index (χ4v) is 8.44. The van der Waals surface area contributed by atoms with Gasteiger partial charge in [-0.1, -0.05) is 55.5 Å². The molecule has 2 aromatic carbocycles. The maximum atomic E-state index is 14.0. The van der Waals surface area contributed by atoms with Crippen molar-refractivity contribution < 1.29 is 19.1 Å². The van der Waals surface area contributed by atoms with Gasteiger partial charge in [0.25, 0.3) is 11.8 Å². The van der Waals surface area contributed by atoms with Crippen molar-refractivity contribution in [1.29, 1.82) is 0 Å². The highest BCUT2D eigenvalue weighted by Crippen LogP contribution is 2.37. The van der Waals surface area contributed by atoms with Crippen molar-refractivity contribution in [3.05, 3.63) is 106 Å². The highest BCUT2D eigenvalue weighted by Gasteiger charge is 2.35. The number of hydrogen-bond donors (Lipinski definition) is 3. The molecule has 12 heteroatoms. The van der Waals surface area contributed by atoms with Crippen molar-refractivity contribution in [2.45, 2.75) is 72.5 Å². The fourth-order valence-electron chi connectivity index (χ4n) is 8.44. The van der Waals surface area contributed by atoms with Crippen LogP contribution >= 0.6 is 0 Å². The Kier molecular flexibility index (Phi) is 12.5. The van der Waals surface area contributed by atoms with Gasteiger partial charge in [0.1, 0.15) is 0 Å². The molecule has 3 N–H and O–H groups in total. The molecule has 7 rings (SSSR count). The second-order valence-electron chi connectivity index (χ2n) is 15.7. The Balaban J connectivity index is 1.08. The number of anilines is 1. The average Bonchev–Trinajstić information content (AvgIpc) is 3.66. The Morgan fingerprint density at radius 2 is 1.67 bits per heavy atom. The lowest BCUT2D eigenvalue weighted by atomic mass is 9.75. The largest absolute Gasteiger partial charge is 0.381 e. The fraction of sp³-hybridized carbons (Fsp3) is 0.444. The van der Waals surface area contributed by atoms with Crippen LogP contribution in [0.2, 0.25) is 0 Å². The molecule has 2 saturated heterocycles. The predicted molar refractivity (Wildman–Crippen MR) is 224 cm³/mol. The van der Waals surface area contributed by atoms with E-state index in [1.807, 2.05) is 53.0 Å². The van der Waals surface area contributed by atoms with E-state index >= 15 is 0 Å². The van der Waals surface area contributed by atoms with Gasteiger partial charge in [0, 0.05) is 106 Å². The van der Waals surface area contributed by atoms with E-state index in [9.17, 15) is 14.4 Å². The summed E-state index contributed by atoms with van der Waals surface area (Å²) in [6.45, 7) is 14.2. The van der Waals surface area contributed by atoms with Crippen LogP contribution in [0.4, 0.5) is 5.69 Å². The summed E-state index contributed by atoms with van der Waals surface area (Å²) in [6.07, 6.45) is 11.6. The number of benzene rings is 2. The topological polar surface area (TPSA) is 134 Å². The number of pyridine rings is 1. The number of carbonyl (C=O) groups excluding carboxylic acids is 3. The van der Waals surface area contributed by atoms with Gasteiger partial charge >= 0.3 is 0 Å². The number of hydrogen-bond acceptors (Lipinski definition) is 8. The first-order chi connectivity index (χ1) is 27.6. The van der Waals surface area contributed by atoms with Gasteiger partial charge in [0.2, 0.25) is 5.91 Å². The Hall–Kier alpha value is -5.33. The zero-order valence-electron chi connectivity index (χ0n) is 33.8. The second-order valence-corrected chi connectivity index (χ2v) is 15.7. The van der Waals surface area contributed by atoms with E-state index in [1.54, 1.807) is 13.0 Å². The first-order valence-electron chi connectivity index (χ1n) is 20.5. The number of aromatic nitrogens is 3. The Morgan fingerprint density at radius 3 is 2.35 bits per heavy atom. The summed E-state index contributed by atoms with van der Waals surface area (Å²) >= 11 is 0. The Morgan fingerprint density at radius 1 is 0.947 bits per heavy atom. The normalized spacial score (nSPS) is 19.0. The molecule has 3 amide bonds. The lowest BCUT2D eigenvalue weighted by Crippen LogP contribution is -2.52. The van der Waals surface area contributed by atoms with Crippen LogP contribution in [0.5, 0.6) is 0 Å². The van der Waals surface area contributed by atoms with Crippen molar-refractivity contribution in [1.82, 2.24) is 35.2 Å². The summed E-state index contributed by atoms with van der Waals surface area (Å²) in [5.41, 5.74) is 7.36. The second kappa shape index (κ2) is 17.9. The molecule has 57 heavy (non-hydrogen) atoms. The van der Waals surface area contributed by atoms with Crippen LogP contribution in [-0.4, -0.2) is 101 Å². The smallest absolute Gasteiger partial charge is 0.251 e. The van der Waals surface area contributed by atoms with E-state index in [0.29, 0.717) is 56.9 Å². The number of piperazine rings is 1. The van der Waals surface area contributed by atoms with Gasteiger partial charge in [-0.25, -0.2) is 9.67 Å². The third-order valence-electron chi connectivity index (χ3n) is 11.6. The molecule has 4 aromatic rings. The molecule has 1 atom stereocenters. The van der Waals surface area contributed by atoms with E-state index in [0.717, 1.165) is 78.0 Å². The third kappa shape index (κ3) is 9.29. The minimum Gasteiger partial charge on any atom is -0.381 e. The van der Waals surface area contributed by atoms with Gasteiger partial charge in [-0.05, 0) is 74.4 Å². The number of aryl methyl sites for hydroxylation is 3. The van der Waals surface area contributed by atoms with Crippen LogP contribution in [0.25, 0.3) is 16.6 Å². The van der Waals surface area contributed by atoms with Gasteiger partial charge in [0.15, 0.2) is 5.65 Å². The first kappa shape index (κ1) is 39.9. The summed E-state index contributed by atoms with van der Waals surface area (Å²) in [7, 11) is 0. The van der Waals surface area contributed by atoms with Crippen LogP contribution in [-0.2, 0) is 29.0 Å². The molecular formula is C45H56N8O4. The van der Waals surface area contributed by atoms with Gasteiger partial charge < -0.3 is 25.6 Å². The minimum atomic E-state index is -0.367. The molecule has 0 saturated carbocycles. The van der Waals surface area contributed by atoms with Crippen LogP contribution < -0.4 is 16.0 Å². The first-order valence-corrected chi connectivity index (χ1v) is 20.5. The Bertz CT molecular complexity index is 2150. The molecule has 3 aliphatic rings. The lowest BCUT2D eigenvalue weighted by Gasteiger charge is -2.42. The standard InChI is InChI=1S/C45H56N8O4/c1-5-40-38(41(49-37-14-21-57-22-15-37)39-28-48-53(6-2)42(39)50-40)27-46-43(55)35-23-31(3)24-36(25-35)44(56)47-29-45(30-51-17-19-52(20-18-51)32(4)54)16-10-13-34(26-45)33-11-8-7-9-12-33/h7-13,16,23-25,28,37H,5-6,14-15,17-22,26-27,29-30H2,1-4H3,(H,46,55)(H,47,56)(H,49,50). The Labute approximate surface area is 335 Å². The van der Waals surface area contributed by atoms with E-state index < -0.39 is 0 Å². The highest BCUT2D eigenvalue weighted by molar-refractivity contribution is 6.00. The average molecular weight is 773 g/mol. The molecule has 0 radical (unpaired) electrons. The van der Waals surface area contributed by atoms with Crippen molar-refractivity contribution in [2.75, 3.05) is 57.8 Å². The molecule has 1 aliphatic carbocycles. The number of allylic oxidation sites excluding steroid dienone is 3. The van der Waals surface area contributed by atoms with Crippen molar-refractivity contribution in [3.8, 4) is 0 Å². The molecule has 2 aliphatic heterocycles. The third-order valence-corrected chi connectivity index (χ3v) is 11.6. The zero-order valence-corrected chi connectivity index (χ0v) is 33.8. The van der Waals surface area contributed by atoms with Gasteiger partial charge in [-0.15, -0.1) is 0 Å². The summed E-state index contributed by atoms with van der Waals surface area (Å²) in [5.74, 6) is -0.381. The monoisotopic (exact) mass is 772 g/mol. The number of nitrogens with zero attached hydrogens (tertiary/aromatic N) is 5. The lowest BCUT2D eigenvalue weighted by molar-refractivity contribution is -0.130. The van der Waals surface area contributed by atoms with Crippen molar-refractivity contribution >= 4 is 40.0 Å². The number of rotatable bonds is 13. The minimum absolute atomic E-state index is 0.103. The van der Waals surface area contributed by atoms with Crippen LogP contribution in [0, 0.1) is 12.3 Å². The van der Waals surface area contributed by atoms with E-state index in [4.69, 9.17) is 9.72 Å². The van der Waals surface area contributed by atoms with Gasteiger partial charge in [-0.3, -0.25) is 19.3 Å². The van der Waals surface area contributed by atoms with Crippen molar-refractivity contribution in [3.63, 3.8) is 0 Å².